The number of benzene rings is 1. The van der Waals surface area contributed by atoms with Gasteiger partial charge in [0.1, 0.15) is 0 Å². The van der Waals surface area contributed by atoms with E-state index in [9.17, 15) is 13.2 Å². The van der Waals surface area contributed by atoms with E-state index in [1.165, 1.54) is 41.8 Å². The molecule has 0 aliphatic carbocycles. The maximum atomic E-state index is 12.9. The molecule has 0 bridgehead atoms. The van der Waals surface area contributed by atoms with Crippen LogP contribution in [-0.4, -0.2) is 62.3 Å². The van der Waals surface area contributed by atoms with Crippen molar-refractivity contribution < 1.29 is 13.2 Å². The smallest absolute Gasteiger partial charge is 0.252 e. The zero-order valence-electron chi connectivity index (χ0n) is 16.5. The highest BCUT2D eigenvalue weighted by Crippen LogP contribution is 2.25. The van der Waals surface area contributed by atoms with Crippen LogP contribution in [0.1, 0.15) is 55.8 Å². The van der Waals surface area contributed by atoms with Gasteiger partial charge in [0, 0.05) is 32.2 Å². The Balaban J connectivity index is 1.66. The highest BCUT2D eigenvalue weighted by atomic mass is 35.5. The van der Waals surface area contributed by atoms with Crippen LogP contribution in [0.25, 0.3) is 0 Å². The molecule has 3 rings (SSSR count). The zero-order chi connectivity index (χ0) is 20.1. The Bertz CT molecular complexity index is 794. The molecule has 0 unspecified atom stereocenters. The minimum Gasteiger partial charge on any atom is -0.351 e. The van der Waals surface area contributed by atoms with Crippen molar-refractivity contribution in [3.8, 4) is 0 Å². The molecule has 2 saturated heterocycles. The van der Waals surface area contributed by atoms with E-state index in [-0.39, 0.29) is 21.4 Å². The van der Waals surface area contributed by atoms with Crippen molar-refractivity contribution in [2.24, 2.45) is 0 Å². The monoisotopic (exact) mass is 427 g/mol. The maximum absolute atomic E-state index is 12.9. The molecule has 6 nitrogen and oxygen atoms in total. The fraction of sp³-hybridized carbons (Fsp3) is 0.650. The van der Waals surface area contributed by atoms with Gasteiger partial charge in [-0.25, -0.2) is 8.42 Å². The van der Waals surface area contributed by atoms with Crippen LogP contribution in [0.2, 0.25) is 5.02 Å². The van der Waals surface area contributed by atoms with Crippen molar-refractivity contribution in [1.82, 2.24) is 14.5 Å². The topological polar surface area (TPSA) is 69.7 Å². The Labute approximate surface area is 173 Å². The predicted octanol–water partition coefficient (Wildman–Crippen LogP) is 3.12. The lowest BCUT2D eigenvalue weighted by atomic mass is 10.0. The standard InChI is InChI=1S/C20H30ClN3O3S/c1-16-7-3-6-11-23(16)14-10-22-20(25)18-15-17(8-9-19(18)21)28(26,27)24-12-4-2-5-13-24/h8-9,15-16H,2-7,10-14H2,1H3,(H,22,25)/t16-/m0/s1. The summed E-state index contributed by atoms with van der Waals surface area (Å²) in [7, 11) is -3.59. The molecular weight excluding hydrogens is 398 g/mol. The Kier molecular flexibility index (Phi) is 7.36. The third-order valence-corrected chi connectivity index (χ3v) is 7.98. The molecule has 2 fully saturated rings. The van der Waals surface area contributed by atoms with Crippen molar-refractivity contribution in [2.75, 3.05) is 32.7 Å². The number of likely N-dealkylation sites (tertiary alicyclic amines) is 1. The van der Waals surface area contributed by atoms with Crippen LogP contribution < -0.4 is 5.32 Å². The van der Waals surface area contributed by atoms with E-state index in [1.54, 1.807) is 0 Å². The number of carbonyl (C=O) groups excluding carboxylic acids is 1. The summed E-state index contributed by atoms with van der Waals surface area (Å²) in [6.07, 6.45) is 6.44. The predicted molar refractivity (Wildman–Crippen MR) is 111 cm³/mol. The van der Waals surface area contributed by atoms with Crippen LogP contribution in [0.15, 0.2) is 23.1 Å². The number of carbonyl (C=O) groups is 1. The number of nitrogens with one attached hydrogen (secondary N) is 1. The number of sulfonamides is 1. The summed E-state index contributed by atoms with van der Waals surface area (Å²) in [6, 6.07) is 4.93. The van der Waals surface area contributed by atoms with Crippen LogP contribution in [0.3, 0.4) is 0 Å². The van der Waals surface area contributed by atoms with Gasteiger partial charge in [0.25, 0.3) is 5.91 Å². The molecule has 1 aromatic carbocycles. The van der Waals surface area contributed by atoms with Gasteiger partial charge in [-0.3, -0.25) is 9.69 Å². The largest absolute Gasteiger partial charge is 0.351 e. The molecule has 0 saturated carbocycles. The second kappa shape index (κ2) is 9.57. The van der Waals surface area contributed by atoms with Crippen molar-refractivity contribution in [2.45, 2.75) is 56.4 Å². The van der Waals surface area contributed by atoms with Gasteiger partial charge in [-0.1, -0.05) is 24.4 Å². The number of piperidine rings is 2. The van der Waals surface area contributed by atoms with Gasteiger partial charge >= 0.3 is 0 Å². The Morgan fingerprint density at radius 3 is 2.57 bits per heavy atom. The van der Waals surface area contributed by atoms with E-state index in [1.807, 2.05) is 0 Å². The van der Waals surface area contributed by atoms with Crippen LogP contribution in [0.4, 0.5) is 0 Å². The van der Waals surface area contributed by atoms with Gasteiger partial charge in [-0.15, -0.1) is 0 Å². The number of hydrogen-bond acceptors (Lipinski definition) is 4. The molecule has 8 heteroatoms. The average molecular weight is 428 g/mol. The fourth-order valence-corrected chi connectivity index (χ4v) is 5.74. The molecule has 1 atom stereocenters. The van der Waals surface area contributed by atoms with E-state index < -0.39 is 10.0 Å². The molecule has 28 heavy (non-hydrogen) atoms. The van der Waals surface area contributed by atoms with Gasteiger partial charge in [0.15, 0.2) is 0 Å². The first-order valence-corrected chi connectivity index (χ1v) is 12.0. The summed E-state index contributed by atoms with van der Waals surface area (Å²) in [5.41, 5.74) is 0.214. The van der Waals surface area contributed by atoms with Gasteiger partial charge in [0.05, 0.1) is 15.5 Å². The van der Waals surface area contributed by atoms with Gasteiger partial charge in [-0.2, -0.15) is 4.31 Å². The summed E-state index contributed by atoms with van der Waals surface area (Å²) < 4.78 is 27.2. The molecule has 156 valence electrons. The first-order valence-electron chi connectivity index (χ1n) is 10.2. The molecule has 2 heterocycles. The molecule has 0 aromatic heterocycles. The molecule has 0 spiro atoms. The van der Waals surface area contributed by atoms with E-state index in [0.717, 1.165) is 32.4 Å². The minimum absolute atomic E-state index is 0.133. The summed E-state index contributed by atoms with van der Waals surface area (Å²) in [6.45, 7) is 5.63. The molecule has 2 aliphatic rings. The number of rotatable bonds is 6. The summed E-state index contributed by atoms with van der Waals surface area (Å²) >= 11 is 6.20. The van der Waals surface area contributed by atoms with Crippen LogP contribution >= 0.6 is 11.6 Å². The van der Waals surface area contributed by atoms with Gasteiger partial charge < -0.3 is 5.32 Å². The van der Waals surface area contributed by atoms with Crippen LogP contribution in [0.5, 0.6) is 0 Å². The first kappa shape index (κ1) is 21.6. The van der Waals surface area contributed by atoms with Crippen molar-refractivity contribution in [3.05, 3.63) is 28.8 Å². The number of hydrogen-bond donors (Lipinski definition) is 1. The van der Waals surface area contributed by atoms with Gasteiger partial charge in [0.2, 0.25) is 10.0 Å². The number of nitrogens with zero attached hydrogens (tertiary/aromatic N) is 2. The quantitative estimate of drug-likeness (QED) is 0.757. The summed E-state index contributed by atoms with van der Waals surface area (Å²) in [4.78, 5) is 15.1. The molecule has 1 aromatic rings. The van der Waals surface area contributed by atoms with Crippen molar-refractivity contribution in [3.63, 3.8) is 0 Å². The molecular formula is C20H30ClN3O3S. The first-order chi connectivity index (χ1) is 13.4. The Morgan fingerprint density at radius 2 is 1.86 bits per heavy atom. The van der Waals surface area contributed by atoms with Crippen LogP contribution in [0, 0.1) is 0 Å². The molecule has 2 aliphatic heterocycles. The van der Waals surface area contributed by atoms with Gasteiger partial charge in [-0.05, 0) is 57.4 Å². The van der Waals surface area contributed by atoms with Crippen molar-refractivity contribution >= 4 is 27.5 Å². The summed E-state index contributed by atoms with van der Waals surface area (Å²) in [5.74, 6) is -0.328. The SMILES string of the molecule is C[C@H]1CCCCN1CCNC(=O)c1cc(S(=O)(=O)N2CCCCC2)ccc1Cl. The van der Waals surface area contributed by atoms with E-state index in [0.29, 0.717) is 25.7 Å². The highest BCUT2D eigenvalue weighted by Gasteiger charge is 2.27. The fourth-order valence-electron chi connectivity index (χ4n) is 3.99. The minimum atomic E-state index is -3.59. The molecule has 1 N–H and O–H groups in total. The highest BCUT2D eigenvalue weighted by molar-refractivity contribution is 7.89. The lowest BCUT2D eigenvalue weighted by Gasteiger charge is -2.33. The summed E-state index contributed by atoms with van der Waals surface area (Å²) in [5, 5.41) is 3.16. The lowest BCUT2D eigenvalue weighted by Crippen LogP contribution is -2.42. The Hall–Kier alpha value is -1.15. The number of halogens is 1. The second-order valence-corrected chi connectivity index (χ2v) is 10.1. The van der Waals surface area contributed by atoms with Crippen LogP contribution in [-0.2, 0) is 10.0 Å². The second-order valence-electron chi connectivity index (χ2n) is 7.74. The number of amides is 1. The maximum Gasteiger partial charge on any atom is 0.252 e. The van der Waals surface area contributed by atoms with E-state index in [2.05, 4.69) is 17.1 Å². The third-order valence-electron chi connectivity index (χ3n) is 5.76. The third kappa shape index (κ3) is 5.06. The normalized spacial score (nSPS) is 22.1. The van der Waals surface area contributed by atoms with E-state index >= 15 is 0 Å². The Morgan fingerprint density at radius 1 is 1.14 bits per heavy atom. The molecule has 1 amide bonds. The van der Waals surface area contributed by atoms with E-state index in [4.69, 9.17) is 11.6 Å². The average Bonchev–Trinajstić information content (AvgIpc) is 2.70. The van der Waals surface area contributed by atoms with Crippen molar-refractivity contribution in [1.29, 1.82) is 0 Å². The zero-order valence-corrected chi connectivity index (χ0v) is 18.1. The molecule has 0 radical (unpaired) electrons. The lowest BCUT2D eigenvalue weighted by molar-refractivity contribution is 0.0938.